The summed E-state index contributed by atoms with van der Waals surface area (Å²) >= 11 is 0. The smallest absolute Gasteiger partial charge is 0.323 e. The van der Waals surface area contributed by atoms with Gasteiger partial charge in [0.1, 0.15) is 5.75 Å². The molecule has 1 heterocycles. The first-order valence-corrected chi connectivity index (χ1v) is 9.55. The molecule has 25 heavy (non-hydrogen) atoms. The second-order valence-corrected chi connectivity index (χ2v) is 7.61. The Balaban J connectivity index is 1.73. The maximum absolute atomic E-state index is 12.2. The van der Waals surface area contributed by atoms with E-state index >= 15 is 0 Å². The minimum Gasteiger partial charge on any atom is -0.495 e. The minimum atomic E-state index is -3.28. The first-order valence-electron chi connectivity index (χ1n) is 7.70. The van der Waals surface area contributed by atoms with Gasteiger partial charge in [-0.1, -0.05) is 12.1 Å². The van der Waals surface area contributed by atoms with Crippen LogP contribution in [0, 0.1) is 0 Å². The predicted molar refractivity (Wildman–Crippen MR) is 98.0 cm³/mol. The molecule has 0 aromatic heterocycles. The number of sulfonamides is 1. The van der Waals surface area contributed by atoms with E-state index in [-0.39, 0.29) is 0 Å². The maximum atomic E-state index is 12.2. The molecular weight excluding hydrogens is 342 g/mol. The van der Waals surface area contributed by atoms with Crippen molar-refractivity contribution in [1.29, 1.82) is 0 Å². The molecule has 0 atom stereocenters. The third-order valence-electron chi connectivity index (χ3n) is 3.95. The third kappa shape index (κ3) is 3.69. The second kappa shape index (κ2) is 6.64. The molecule has 0 radical (unpaired) electrons. The number of nitrogens with zero attached hydrogens (tertiary/aromatic N) is 1. The van der Waals surface area contributed by atoms with Gasteiger partial charge < -0.3 is 15.4 Å². The summed E-state index contributed by atoms with van der Waals surface area (Å²) < 4.78 is 30.1. The van der Waals surface area contributed by atoms with Gasteiger partial charge in [0.2, 0.25) is 10.0 Å². The van der Waals surface area contributed by atoms with Crippen LogP contribution in [0.3, 0.4) is 0 Å². The molecule has 0 unspecified atom stereocenters. The number of para-hydroxylation sites is 2. The molecule has 0 saturated carbocycles. The summed E-state index contributed by atoms with van der Waals surface area (Å²) in [5, 5.41) is 5.48. The van der Waals surface area contributed by atoms with Crippen molar-refractivity contribution in [1.82, 2.24) is 0 Å². The molecule has 2 aromatic rings. The van der Waals surface area contributed by atoms with Gasteiger partial charge >= 0.3 is 6.03 Å². The Morgan fingerprint density at radius 1 is 1.16 bits per heavy atom. The van der Waals surface area contributed by atoms with E-state index in [2.05, 4.69) is 10.6 Å². The summed E-state index contributed by atoms with van der Waals surface area (Å²) in [5.74, 6) is 0.565. The Hall–Kier alpha value is -2.74. The number of carbonyl (C=O) groups excluding carboxylic acids is 1. The van der Waals surface area contributed by atoms with E-state index < -0.39 is 16.1 Å². The van der Waals surface area contributed by atoms with Crippen LogP contribution in [0.25, 0.3) is 0 Å². The highest BCUT2D eigenvalue weighted by atomic mass is 32.2. The zero-order valence-corrected chi connectivity index (χ0v) is 14.8. The molecule has 0 bridgehead atoms. The molecule has 132 valence electrons. The van der Waals surface area contributed by atoms with E-state index in [0.717, 1.165) is 5.56 Å². The fourth-order valence-corrected chi connectivity index (χ4v) is 3.78. The van der Waals surface area contributed by atoms with Gasteiger partial charge in [-0.25, -0.2) is 13.2 Å². The van der Waals surface area contributed by atoms with Crippen LogP contribution < -0.4 is 19.7 Å². The molecule has 8 heteroatoms. The number of carbonyl (C=O) groups is 1. The van der Waals surface area contributed by atoms with E-state index in [0.29, 0.717) is 35.8 Å². The van der Waals surface area contributed by atoms with Crippen LogP contribution in [0.5, 0.6) is 5.75 Å². The summed E-state index contributed by atoms with van der Waals surface area (Å²) in [7, 11) is -1.75. The number of urea groups is 1. The number of amides is 2. The molecule has 1 aliphatic rings. The van der Waals surface area contributed by atoms with Crippen LogP contribution in [0.2, 0.25) is 0 Å². The summed E-state index contributed by atoms with van der Waals surface area (Å²) in [6.45, 7) is 0.422. The lowest BCUT2D eigenvalue weighted by Crippen LogP contribution is -2.27. The van der Waals surface area contributed by atoms with Crippen molar-refractivity contribution in [3.05, 3.63) is 48.0 Å². The molecule has 0 fully saturated rings. The molecule has 0 aliphatic carbocycles. The summed E-state index contributed by atoms with van der Waals surface area (Å²) in [5.41, 5.74) is 2.71. The van der Waals surface area contributed by atoms with Gasteiger partial charge in [0, 0.05) is 12.2 Å². The van der Waals surface area contributed by atoms with Crippen LogP contribution in [-0.2, 0) is 16.4 Å². The Morgan fingerprint density at radius 3 is 2.64 bits per heavy atom. The van der Waals surface area contributed by atoms with Crippen LogP contribution in [-0.4, -0.2) is 34.4 Å². The van der Waals surface area contributed by atoms with Crippen molar-refractivity contribution in [3.63, 3.8) is 0 Å². The van der Waals surface area contributed by atoms with Crippen LogP contribution in [0.1, 0.15) is 5.56 Å². The van der Waals surface area contributed by atoms with Crippen molar-refractivity contribution in [2.45, 2.75) is 6.42 Å². The number of ether oxygens (including phenoxy) is 1. The van der Waals surface area contributed by atoms with Crippen LogP contribution in [0.4, 0.5) is 21.9 Å². The normalized spacial score (nSPS) is 13.3. The van der Waals surface area contributed by atoms with Crippen molar-refractivity contribution in [2.75, 3.05) is 34.8 Å². The highest BCUT2D eigenvalue weighted by molar-refractivity contribution is 7.92. The standard InChI is InChI=1S/C17H19N3O4S/c1-24-16-6-4-3-5-14(16)19-17(21)18-13-7-8-15-12(11-13)9-10-20(15)25(2,22)23/h3-8,11H,9-10H2,1-2H3,(H2,18,19,21). The SMILES string of the molecule is COc1ccccc1NC(=O)Nc1ccc2c(c1)CCN2S(C)(=O)=O. The average Bonchev–Trinajstić information content (AvgIpc) is 2.98. The zero-order valence-electron chi connectivity index (χ0n) is 13.9. The molecule has 1 aliphatic heterocycles. The lowest BCUT2D eigenvalue weighted by atomic mass is 10.1. The van der Waals surface area contributed by atoms with Gasteiger partial charge in [0.05, 0.1) is 24.7 Å². The minimum absolute atomic E-state index is 0.401. The fourth-order valence-electron chi connectivity index (χ4n) is 2.83. The Labute approximate surface area is 146 Å². The quantitative estimate of drug-likeness (QED) is 0.876. The van der Waals surface area contributed by atoms with E-state index in [1.807, 2.05) is 6.07 Å². The largest absolute Gasteiger partial charge is 0.495 e. The number of hydrogen-bond acceptors (Lipinski definition) is 4. The van der Waals surface area contributed by atoms with Crippen molar-refractivity contribution >= 4 is 33.1 Å². The van der Waals surface area contributed by atoms with E-state index in [9.17, 15) is 13.2 Å². The number of hydrogen-bond donors (Lipinski definition) is 2. The van der Waals surface area contributed by atoms with Crippen molar-refractivity contribution in [2.24, 2.45) is 0 Å². The Morgan fingerprint density at radius 2 is 1.92 bits per heavy atom. The number of nitrogens with one attached hydrogen (secondary N) is 2. The molecule has 2 amide bonds. The molecule has 3 rings (SSSR count). The molecule has 2 aromatic carbocycles. The number of anilines is 3. The van der Waals surface area contributed by atoms with Gasteiger partial charge in [-0.2, -0.15) is 0 Å². The van der Waals surface area contributed by atoms with Gasteiger partial charge in [0.25, 0.3) is 0 Å². The lowest BCUT2D eigenvalue weighted by molar-refractivity contribution is 0.262. The van der Waals surface area contributed by atoms with E-state index in [1.54, 1.807) is 36.4 Å². The molecule has 0 spiro atoms. The lowest BCUT2D eigenvalue weighted by Gasteiger charge is -2.16. The molecule has 2 N–H and O–H groups in total. The Kier molecular flexibility index (Phi) is 4.54. The van der Waals surface area contributed by atoms with Gasteiger partial charge in [-0.05, 0) is 42.3 Å². The zero-order chi connectivity index (χ0) is 18.0. The van der Waals surface area contributed by atoms with Gasteiger partial charge in [0.15, 0.2) is 0 Å². The van der Waals surface area contributed by atoms with E-state index in [4.69, 9.17) is 4.74 Å². The first-order chi connectivity index (χ1) is 11.9. The molecule has 0 saturated heterocycles. The fraction of sp³-hybridized carbons (Fsp3) is 0.235. The Bertz CT molecular complexity index is 912. The van der Waals surface area contributed by atoms with Gasteiger partial charge in [-0.15, -0.1) is 0 Å². The van der Waals surface area contributed by atoms with Crippen molar-refractivity contribution in [3.8, 4) is 5.75 Å². The number of fused-ring (bicyclic) bond motifs is 1. The predicted octanol–water partition coefficient (Wildman–Crippen LogP) is 2.66. The van der Waals surface area contributed by atoms with Gasteiger partial charge in [-0.3, -0.25) is 4.31 Å². The number of benzene rings is 2. The molecular formula is C17H19N3O4S. The van der Waals surface area contributed by atoms with Crippen LogP contribution >= 0.6 is 0 Å². The summed E-state index contributed by atoms with van der Waals surface area (Å²) in [6.07, 6.45) is 1.81. The monoisotopic (exact) mass is 361 g/mol. The topological polar surface area (TPSA) is 87.7 Å². The van der Waals surface area contributed by atoms with Crippen LogP contribution in [0.15, 0.2) is 42.5 Å². The second-order valence-electron chi connectivity index (χ2n) is 5.71. The number of rotatable bonds is 4. The molecule has 7 nitrogen and oxygen atoms in total. The summed E-state index contributed by atoms with van der Waals surface area (Å²) in [4.78, 5) is 12.2. The maximum Gasteiger partial charge on any atom is 0.323 e. The van der Waals surface area contributed by atoms with E-state index in [1.165, 1.54) is 17.7 Å². The highest BCUT2D eigenvalue weighted by Crippen LogP contribution is 2.32. The highest BCUT2D eigenvalue weighted by Gasteiger charge is 2.26. The summed E-state index contributed by atoms with van der Waals surface area (Å²) in [6, 6.07) is 11.9. The van der Waals surface area contributed by atoms with Crippen molar-refractivity contribution < 1.29 is 17.9 Å². The average molecular weight is 361 g/mol. The third-order valence-corrected chi connectivity index (χ3v) is 5.13. The first kappa shape index (κ1) is 17.1. The number of methoxy groups -OCH3 is 1.